The molecule has 0 bridgehead atoms. The molecule has 2 rings (SSSR count). The van der Waals surface area contributed by atoms with Gasteiger partial charge in [-0.1, -0.05) is 23.7 Å². The predicted octanol–water partition coefficient (Wildman–Crippen LogP) is 3.50. The summed E-state index contributed by atoms with van der Waals surface area (Å²) in [5.74, 6) is 0.664. The Bertz CT molecular complexity index is 588. The Morgan fingerprint density at radius 2 is 1.89 bits per heavy atom. The fraction of sp³-hybridized carbons (Fsp3) is 0.0714. The lowest BCUT2D eigenvalue weighted by molar-refractivity contribution is 0.305. The Kier molecular flexibility index (Phi) is 3.71. The van der Waals surface area contributed by atoms with Gasteiger partial charge in [-0.25, -0.2) is 0 Å². The molecular weight excluding hydrogens is 250 g/mol. The lowest BCUT2D eigenvalue weighted by Crippen LogP contribution is -1.97. The molecule has 0 spiro atoms. The van der Waals surface area contributed by atoms with Gasteiger partial charge in [-0.05, 0) is 29.8 Å². The highest BCUT2D eigenvalue weighted by Crippen LogP contribution is 2.23. The van der Waals surface area contributed by atoms with E-state index < -0.39 is 0 Å². The third-order valence-electron chi connectivity index (χ3n) is 2.39. The fourth-order valence-electron chi connectivity index (χ4n) is 1.46. The molecule has 0 saturated heterocycles. The molecule has 2 aromatic rings. The van der Waals surface area contributed by atoms with Gasteiger partial charge in [0.1, 0.15) is 24.2 Å². The first kappa shape index (κ1) is 12.3. The zero-order chi connectivity index (χ0) is 13.0. The maximum atomic E-state index is 9.16. The highest BCUT2D eigenvalue weighted by atomic mass is 35.5. The summed E-state index contributed by atoms with van der Waals surface area (Å²) in [5, 5.41) is 18.6. The molecule has 0 heterocycles. The SMILES string of the molecule is N#Cc1ccc(Cl)cc1OCc1ccc(O)cc1. The number of rotatable bonds is 3. The molecule has 0 aromatic heterocycles. The highest BCUT2D eigenvalue weighted by molar-refractivity contribution is 6.30. The van der Waals surface area contributed by atoms with Crippen molar-refractivity contribution in [3.8, 4) is 17.6 Å². The second-order valence-electron chi connectivity index (χ2n) is 3.71. The van der Waals surface area contributed by atoms with Gasteiger partial charge in [0.15, 0.2) is 0 Å². The van der Waals surface area contributed by atoms with Crippen molar-refractivity contribution in [3.05, 3.63) is 58.6 Å². The van der Waals surface area contributed by atoms with Crippen LogP contribution in [0.2, 0.25) is 5.02 Å². The number of hydrogen-bond acceptors (Lipinski definition) is 3. The van der Waals surface area contributed by atoms with Crippen molar-refractivity contribution in [2.24, 2.45) is 0 Å². The van der Waals surface area contributed by atoms with Crippen LogP contribution in [0.4, 0.5) is 0 Å². The van der Waals surface area contributed by atoms with Crippen molar-refractivity contribution < 1.29 is 9.84 Å². The maximum absolute atomic E-state index is 9.16. The zero-order valence-corrected chi connectivity index (χ0v) is 10.2. The van der Waals surface area contributed by atoms with Crippen LogP contribution in [0.15, 0.2) is 42.5 Å². The standard InChI is InChI=1S/C14H10ClNO2/c15-12-4-3-11(8-16)14(7-12)18-9-10-1-5-13(17)6-2-10/h1-7,17H,9H2. The summed E-state index contributed by atoms with van der Waals surface area (Å²) in [6.07, 6.45) is 0. The number of aromatic hydroxyl groups is 1. The molecule has 0 fully saturated rings. The van der Waals surface area contributed by atoms with Crippen LogP contribution in [0.1, 0.15) is 11.1 Å². The van der Waals surface area contributed by atoms with Crippen molar-refractivity contribution in [2.45, 2.75) is 6.61 Å². The van der Waals surface area contributed by atoms with Gasteiger partial charge in [-0.15, -0.1) is 0 Å². The van der Waals surface area contributed by atoms with E-state index in [9.17, 15) is 0 Å². The first-order valence-corrected chi connectivity index (χ1v) is 5.67. The molecule has 0 saturated carbocycles. The smallest absolute Gasteiger partial charge is 0.139 e. The van der Waals surface area contributed by atoms with Crippen molar-refractivity contribution in [1.82, 2.24) is 0 Å². The Labute approximate surface area is 110 Å². The van der Waals surface area contributed by atoms with Gasteiger partial charge < -0.3 is 9.84 Å². The molecule has 0 atom stereocenters. The van der Waals surface area contributed by atoms with Gasteiger partial charge in [0.25, 0.3) is 0 Å². The van der Waals surface area contributed by atoms with Gasteiger partial charge in [-0.3, -0.25) is 0 Å². The van der Waals surface area contributed by atoms with E-state index in [4.69, 9.17) is 26.7 Å². The van der Waals surface area contributed by atoms with Gasteiger partial charge in [0.2, 0.25) is 0 Å². The first-order valence-electron chi connectivity index (χ1n) is 5.29. The Morgan fingerprint density at radius 3 is 2.56 bits per heavy atom. The summed E-state index contributed by atoms with van der Waals surface area (Å²) in [6.45, 7) is 0.315. The number of nitriles is 1. The number of ether oxygens (including phenoxy) is 1. The normalized spacial score (nSPS) is 9.78. The molecule has 0 aliphatic rings. The van der Waals surface area contributed by atoms with E-state index in [1.54, 1.807) is 42.5 Å². The summed E-state index contributed by atoms with van der Waals surface area (Å²) in [7, 11) is 0. The van der Waals surface area contributed by atoms with E-state index in [-0.39, 0.29) is 5.75 Å². The van der Waals surface area contributed by atoms with Crippen LogP contribution >= 0.6 is 11.6 Å². The molecule has 0 amide bonds. The highest BCUT2D eigenvalue weighted by Gasteiger charge is 2.04. The molecule has 0 aliphatic heterocycles. The molecular formula is C14H10ClNO2. The molecule has 2 aromatic carbocycles. The molecule has 18 heavy (non-hydrogen) atoms. The third-order valence-corrected chi connectivity index (χ3v) is 2.63. The number of benzene rings is 2. The maximum Gasteiger partial charge on any atom is 0.139 e. The van der Waals surface area contributed by atoms with Crippen molar-refractivity contribution in [2.75, 3.05) is 0 Å². The summed E-state index contributed by atoms with van der Waals surface area (Å²) in [6, 6.07) is 13.6. The summed E-state index contributed by atoms with van der Waals surface area (Å²) >= 11 is 5.85. The average molecular weight is 260 g/mol. The van der Waals surface area contributed by atoms with E-state index in [0.29, 0.717) is 22.9 Å². The summed E-state index contributed by atoms with van der Waals surface area (Å²) < 4.78 is 5.55. The van der Waals surface area contributed by atoms with Crippen molar-refractivity contribution in [1.29, 1.82) is 5.26 Å². The minimum absolute atomic E-state index is 0.208. The van der Waals surface area contributed by atoms with E-state index >= 15 is 0 Å². The molecule has 4 heteroatoms. The Hall–Kier alpha value is -2.18. The van der Waals surface area contributed by atoms with Crippen molar-refractivity contribution >= 4 is 11.6 Å². The Balaban J connectivity index is 2.13. The third kappa shape index (κ3) is 2.93. The predicted molar refractivity (Wildman–Crippen MR) is 68.6 cm³/mol. The second-order valence-corrected chi connectivity index (χ2v) is 4.14. The van der Waals surface area contributed by atoms with Crippen LogP contribution < -0.4 is 4.74 Å². The van der Waals surface area contributed by atoms with E-state index in [0.717, 1.165) is 5.56 Å². The quantitative estimate of drug-likeness (QED) is 0.918. The van der Waals surface area contributed by atoms with E-state index in [2.05, 4.69) is 0 Å². The number of phenols is 1. The van der Waals surface area contributed by atoms with E-state index in [1.807, 2.05) is 6.07 Å². The number of nitrogens with zero attached hydrogens (tertiary/aromatic N) is 1. The zero-order valence-electron chi connectivity index (χ0n) is 9.43. The number of phenolic OH excluding ortho intramolecular Hbond substituents is 1. The summed E-state index contributed by atoms with van der Waals surface area (Å²) in [4.78, 5) is 0. The molecule has 0 aliphatic carbocycles. The van der Waals surface area contributed by atoms with Gasteiger partial charge in [-0.2, -0.15) is 5.26 Å². The lowest BCUT2D eigenvalue weighted by atomic mass is 10.2. The molecule has 0 unspecified atom stereocenters. The van der Waals surface area contributed by atoms with Crippen LogP contribution in [0.5, 0.6) is 11.5 Å². The van der Waals surface area contributed by atoms with Gasteiger partial charge in [0, 0.05) is 11.1 Å². The number of halogens is 1. The van der Waals surface area contributed by atoms with Crippen LogP contribution in [-0.4, -0.2) is 5.11 Å². The molecule has 0 radical (unpaired) electrons. The first-order chi connectivity index (χ1) is 8.69. The van der Waals surface area contributed by atoms with Gasteiger partial charge in [0.05, 0.1) is 5.56 Å². The molecule has 90 valence electrons. The monoisotopic (exact) mass is 259 g/mol. The molecule has 1 N–H and O–H groups in total. The minimum Gasteiger partial charge on any atom is -0.508 e. The second kappa shape index (κ2) is 5.44. The fourth-order valence-corrected chi connectivity index (χ4v) is 1.62. The Morgan fingerprint density at radius 1 is 1.17 bits per heavy atom. The molecule has 3 nitrogen and oxygen atoms in total. The largest absolute Gasteiger partial charge is 0.508 e. The minimum atomic E-state index is 0.208. The topological polar surface area (TPSA) is 53.2 Å². The van der Waals surface area contributed by atoms with Crippen LogP contribution in [0.3, 0.4) is 0 Å². The lowest BCUT2D eigenvalue weighted by Gasteiger charge is -2.08. The number of hydrogen-bond donors (Lipinski definition) is 1. The van der Waals surface area contributed by atoms with Gasteiger partial charge >= 0.3 is 0 Å². The summed E-state index contributed by atoms with van der Waals surface area (Å²) in [5.41, 5.74) is 1.34. The van der Waals surface area contributed by atoms with E-state index in [1.165, 1.54) is 0 Å². The average Bonchev–Trinajstić information content (AvgIpc) is 2.38. The van der Waals surface area contributed by atoms with Crippen LogP contribution in [-0.2, 0) is 6.61 Å². The van der Waals surface area contributed by atoms with Crippen LogP contribution in [0.25, 0.3) is 0 Å². The van der Waals surface area contributed by atoms with Crippen molar-refractivity contribution in [3.63, 3.8) is 0 Å². The van der Waals surface area contributed by atoms with Crippen LogP contribution in [0, 0.1) is 11.3 Å².